The van der Waals surface area contributed by atoms with Crippen LogP contribution in [0.5, 0.6) is 17.2 Å². The Morgan fingerprint density at radius 1 is 1.08 bits per heavy atom. The quantitative estimate of drug-likeness (QED) is 0.779. The Balaban J connectivity index is 1.86. The van der Waals surface area contributed by atoms with Crippen molar-refractivity contribution >= 4 is 5.78 Å². The summed E-state index contributed by atoms with van der Waals surface area (Å²) in [5, 5.41) is 0. The Hall–Kier alpha value is -2.75. The maximum Gasteiger partial charge on any atom is 0.231 e. The molecule has 2 aromatic rings. The molecule has 1 heterocycles. The Labute approximate surface area is 141 Å². The van der Waals surface area contributed by atoms with Crippen molar-refractivity contribution in [1.29, 1.82) is 0 Å². The van der Waals surface area contributed by atoms with Gasteiger partial charge in [-0.25, -0.2) is 0 Å². The van der Waals surface area contributed by atoms with Gasteiger partial charge in [0.15, 0.2) is 5.76 Å². The number of carbonyl (C=O) groups is 1. The van der Waals surface area contributed by atoms with E-state index in [1.54, 1.807) is 13.2 Å². The van der Waals surface area contributed by atoms with Crippen molar-refractivity contribution in [3.8, 4) is 17.2 Å². The zero-order valence-corrected chi connectivity index (χ0v) is 14.3. The molecule has 0 aliphatic carbocycles. The second kappa shape index (κ2) is 6.40. The molecular formula is C20H20O4. The van der Waals surface area contributed by atoms with Gasteiger partial charge in [0.05, 0.1) is 12.7 Å². The number of fused-ring (bicyclic) bond motifs is 1. The Morgan fingerprint density at radius 3 is 2.54 bits per heavy atom. The monoisotopic (exact) mass is 324 g/mol. The normalized spacial score (nSPS) is 12.7. The average molecular weight is 324 g/mol. The maximum absolute atomic E-state index is 12.3. The first-order valence-electron chi connectivity index (χ1n) is 7.81. The van der Waals surface area contributed by atoms with E-state index >= 15 is 0 Å². The van der Waals surface area contributed by atoms with Crippen LogP contribution in [0.3, 0.4) is 0 Å². The smallest absolute Gasteiger partial charge is 0.231 e. The predicted molar refractivity (Wildman–Crippen MR) is 91.8 cm³/mol. The van der Waals surface area contributed by atoms with Gasteiger partial charge < -0.3 is 14.2 Å². The van der Waals surface area contributed by atoms with Gasteiger partial charge >= 0.3 is 0 Å². The van der Waals surface area contributed by atoms with Crippen LogP contribution in [0.1, 0.15) is 35.3 Å². The topological polar surface area (TPSA) is 44.8 Å². The number of para-hydroxylation sites is 1. The summed E-state index contributed by atoms with van der Waals surface area (Å²) in [6.07, 6.45) is 0. The van der Waals surface area contributed by atoms with E-state index in [1.807, 2.05) is 51.1 Å². The minimum absolute atomic E-state index is 0.0654. The molecule has 0 radical (unpaired) electrons. The highest BCUT2D eigenvalue weighted by Crippen LogP contribution is 2.39. The molecule has 3 rings (SSSR count). The molecule has 0 unspecified atom stereocenters. The summed E-state index contributed by atoms with van der Waals surface area (Å²) in [6.45, 7) is 6.02. The Bertz CT molecular complexity index is 830. The number of allylic oxidation sites excluding steroid dienone is 2. The molecule has 0 fully saturated rings. The van der Waals surface area contributed by atoms with Gasteiger partial charge in [0.25, 0.3) is 0 Å². The van der Waals surface area contributed by atoms with Crippen LogP contribution in [0, 0.1) is 6.92 Å². The molecule has 1 aliphatic rings. The number of ether oxygens (including phenoxy) is 3. The van der Waals surface area contributed by atoms with Crippen LogP contribution in [-0.4, -0.2) is 12.9 Å². The summed E-state index contributed by atoms with van der Waals surface area (Å²) >= 11 is 0. The molecule has 0 amide bonds. The van der Waals surface area contributed by atoms with Crippen molar-refractivity contribution in [2.45, 2.75) is 27.4 Å². The molecule has 0 spiro atoms. The number of benzene rings is 2. The minimum Gasteiger partial charge on any atom is -0.496 e. The van der Waals surface area contributed by atoms with E-state index in [4.69, 9.17) is 14.2 Å². The van der Waals surface area contributed by atoms with E-state index in [1.165, 1.54) is 0 Å². The van der Waals surface area contributed by atoms with Crippen molar-refractivity contribution in [2.75, 3.05) is 7.11 Å². The summed E-state index contributed by atoms with van der Waals surface area (Å²) in [4.78, 5) is 12.3. The van der Waals surface area contributed by atoms with Crippen LogP contribution < -0.4 is 14.2 Å². The van der Waals surface area contributed by atoms with E-state index in [0.717, 1.165) is 22.4 Å². The molecule has 4 heteroatoms. The zero-order valence-electron chi connectivity index (χ0n) is 14.3. The van der Waals surface area contributed by atoms with Crippen molar-refractivity contribution in [3.05, 3.63) is 64.4 Å². The SMILES string of the molecule is COc1ccccc1COc1ccc2c(c1C)OC(=C(C)C)C2=O. The van der Waals surface area contributed by atoms with Crippen LogP contribution in [-0.2, 0) is 6.61 Å². The molecule has 124 valence electrons. The second-order valence-electron chi connectivity index (χ2n) is 5.93. The van der Waals surface area contributed by atoms with Crippen molar-refractivity contribution in [2.24, 2.45) is 0 Å². The highest BCUT2D eigenvalue weighted by atomic mass is 16.5. The summed E-state index contributed by atoms with van der Waals surface area (Å²) in [5.74, 6) is 2.42. The third-order valence-corrected chi connectivity index (χ3v) is 4.04. The molecule has 2 aromatic carbocycles. The number of hydrogen-bond donors (Lipinski definition) is 0. The van der Waals surface area contributed by atoms with Crippen LogP contribution in [0.4, 0.5) is 0 Å². The summed E-state index contributed by atoms with van der Waals surface area (Å²) < 4.78 is 17.0. The highest BCUT2D eigenvalue weighted by molar-refractivity contribution is 6.13. The number of hydrogen-bond acceptors (Lipinski definition) is 4. The lowest BCUT2D eigenvalue weighted by molar-refractivity contribution is 0.101. The zero-order chi connectivity index (χ0) is 17.3. The summed E-state index contributed by atoms with van der Waals surface area (Å²) in [5.41, 5.74) is 3.24. The van der Waals surface area contributed by atoms with Gasteiger partial charge in [-0.3, -0.25) is 4.79 Å². The highest BCUT2D eigenvalue weighted by Gasteiger charge is 2.30. The van der Waals surface area contributed by atoms with Gasteiger partial charge in [-0.05, 0) is 44.5 Å². The van der Waals surface area contributed by atoms with Crippen molar-refractivity contribution < 1.29 is 19.0 Å². The van der Waals surface area contributed by atoms with Crippen LogP contribution in [0.15, 0.2) is 47.7 Å². The Morgan fingerprint density at radius 2 is 1.83 bits per heavy atom. The molecular weight excluding hydrogens is 304 g/mol. The fourth-order valence-electron chi connectivity index (χ4n) is 2.72. The molecule has 0 atom stereocenters. The fourth-order valence-corrected chi connectivity index (χ4v) is 2.72. The standard InChI is InChI=1S/C20H20O4/c1-12(2)19-18(21)15-9-10-16(13(3)20(15)24-19)23-11-14-7-5-6-8-17(14)22-4/h5-10H,11H2,1-4H3. The lowest BCUT2D eigenvalue weighted by atomic mass is 10.1. The molecule has 1 aliphatic heterocycles. The van der Waals surface area contributed by atoms with Crippen molar-refractivity contribution in [3.63, 3.8) is 0 Å². The van der Waals surface area contributed by atoms with E-state index < -0.39 is 0 Å². The number of ketones is 1. The number of methoxy groups -OCH3 is 1. The van der Waals surface area contributed by atoms with E-state index in [-0.39, 0.29) is 5.78 Å². The van der Waals surface area contributed by atoms with Gasteiger partial charge in [0.2, 0.25) is 5.78 Å². The van der Waals surface area contributed by atoms with Gasteiger partial charge in [0.1, 0.15) is 23.9 Å². The minimum atomic E-state index is -0.0654. The van der Waals surface area contributed by atoms with Crippen molar-refractivity contribution in [1.82, 2.24) is 0 Å². The third kappa shape index (κ3) is 2.75. The lowest BCUT2D eigenvalue weighted by Crippen LogP contribution is -2.00. The fraction of sp³-hybridized carbons (Fsp3) is 0.250. The molecule has 0 aromatic heterocycles. The van der Waals surface area contributed by atoms with Gasteiger partial charge in [0, 0.05) is 11.1 Å². The largest absolute Gasteiger partial charge is 0.496 e. The molecule has 4 nitrogen and oxygen atoms in total. The second-order valence-corrected chi connectivity index (χ2v) is 5.93. The van der Waals surface area contributed by atoms with E-state index in [9.17, 15) is 4.79 Å². The number of carbonyl (C=O) groups excluding carboxylic acids is 1. The van der Waals surface area contributed by atoms with Gasteiger partial charge in [-0.2, -0.15) is 0 Å². The molecule has 0 saturated heterocycles. The first-order chi connectivity index (χ1) is 11.5. The molecule has 0 saturated carbocycles. The van der Waals surface area contributed by atoms with Gasteiger partial charge in [-0.15, -0.1) is 0 Å². The van der Waals surface area contributed by atoms with Crippen LogP contribution in [0.25, 0.3) is 0 Å². The number of rotatable bonds is 4. The number of Topliss-reactive ketones (excluding diaryl/α,β-unsaturated/α-hetero) is 1. The van der Waals surface area contributed by atoms with Crippen LogP contribution >= 0.6 is 0 Å². The summed E-state index contributed by atoms with van der Waals surface area (Å²) in [6, 6.07) is 11.3. The molecule has 0 bridgehead atoms. The van der Waals surface area contributed by atoms with Gasteiger partial charge in [-0.1, -0.05) is 18.2 Å². The molecule has 24 heavy (non-hydrogen) atoms. The van der Waals surface area contributed by atoms with E-state index in [2.05, 4.69) is 0 Å². The third-order valence-electron chi connectivity index (χ3n) is 4.04. The van der Waals surface area contributed by atoms with Crippen LogP contribution in [0.2, 0.25) is 0 Å². The first kappa shape index (κ1) is 16.1. The molecule has 0 N–H and O–H groups in total. The first-order valence-corrected chi connectivity index (χ1v) is 7.81. The summed E-state index contributed by atoms with van der Waals surface area (Å²) in [7, 11) is 1.64. The Kier molecular flexibility index (Phi) is 4.30. The predicted octanol–water partition coefficient (Wildman–Crippen LogP) is 4.45. The van der Waals surface area contributed by atoms with E-state index in [0.29, 0.717) is 29.4 Å². The lowest BCUT2D eigenvalue weighted by Gasteiger charge is -2.13. The maximum atomic E-state index is 12.3. The average Bonchev–Trinajstić information content (AvgIpc) is 2.92.